The van der Waals surface area contributed by atoms with E-state index in [1.54, 1.807) is 12.1 Å². The Kier molecular flexibility index (Phi) is 7.42. The topological polar surface area (TPSA) is 52.7 Å². The summed E-state index contributed by atoms with van der Waals surface area (Å²) >= 11 is 0. The van der Waals surface area contributed by atoms with Crippen LogP contribution in [-0.4, -0.2) is 53.8 Å². The zero-order valence-electron chi connectivity index (χ0n) is 17.4. The number of nitrogens with zero attached hydrogens (tertiary/aromatic N) is 2. The minimum Gasteiger partial charge on any atom is -0.340 e. The van der Waals surface area contributed by atoms with E-state index >= 15 is 0 Å². The highest BCUT2D eigenvalue weighted by molar-refractivity contribution is 5.97. The molecule has 1 saturated heterocycles. The third-order valence-corrected chi connectivity index (χ3v) is 5.73. The van der Waals surface area contributed by atoms with E-state index in [0.717, 1.165) is 26.1 Å². The molecule has 1 aliphatic rings. The molecule has 0 spiro atoms. The minimum absolute atomic E-state index is 0.0305. The van der Waals surface area contributed by atoms with Crippen LogP contribution in [0.2, 0.25) is 0 Å². The van der Waals surface area contributed by atoms with Gasteiger partial charge in [-0.15, -0.1) is 0 Å². The first-order chi connectivity index (χ1) is 14.1. The highest BCUT2D eigenvalue weighted by Gasteiger charge is 2.31. The van der Waals surface area contributed by atoms with Crippen molar-refractivity contribution >= 4 is 11.8 Å². The zero-order valence-corrected chi connectivity index (χ0v) is 17.4. The Morgan fingerprint density at radius 2 is 1.52 bits per heavy atom. The fourth-order valence-corrected chi connectivity index (χ4v) is 3.66. The average Bonchev–Trinajstić information content (AvgIpc) is 2.78. The van der Waals surface area contributed by atoms with Crippen LogP contribution >= 0.6 is 0 Å². The van der Waals surface area contributed by atoms with Crippen LogP contribution in [0.3, 0.4) is 0 Å². The van der Waals surface area contributed by atoms with E-state index < -0.39 is 6.04 Å². The monoisotopic (exact) mass is 393 g/mol. The van der Waals surface area contributed by atoms with Gasteiger partial charge in [0.25, 0.3) is 5.91 Å². The molecule has 0 radical (unpaired) electrons. The van der Waals surface area contributed by atoms with Crippen LogP contribution in [0.1, 0.15) is 36.2 Å². The molecular formula is C24H31N3O2. The number of amides is 2. The second-order valence-electron chi connectivity index (χ2n) is 7.79. The Bertz CT molecular complexity index is 786. The van der Waals surface area contributed by atoms with Crippen molar-refractivity contribution in [2.75, 3.05) is 26.2 Å². The molecule has 0 bridgehead atoms. The Morgan fingerprint density at radius 1 is 0.931 bits per heavy atom. The Hall–Kier alpha value is -2.66. The number of piperazine rings is 1. The first-order valence-electron chi connectivity index (χ1n) is 10.5. The molecule has 2 unspecified atom stereocenters. The molecule has 0 aromatic heterocycles. The summed E-state index contributed by atoms with van der Waals surface area (Å²) in [5, 5.41) is 2.99. The van der Waals surface area contributed by atoms with Gasteiger partial charge in [-0.05, 0) is 23.6 Å². The number of carbonyl (C=O) groups excluding carboxylic acids is 2. The van der Waals surface area contributed by atoms with E-state index in [1.807, 2.05) is 36.1 Å². The van der Waals surface area contributed by atoms with Crippen molar-refractivity contribution in [1.29, 1.82) is 0 Å². The van der Waals surface area contributed by atoms with Crippen LogP contribution in [0.25, 0.3) is 0 Å². The highest BCUT2D eigenvalue weighted by Crippen LogP contribution is 2.15. The average molecular weight is 394 g/mol. The SMILES string of the molecule is CCC(C)C(NC(=O)c1ccccc1)C(=O)N1CCN(Cc2ccccc2)CC1. The summed E-state index contributed by atoms with van der Waals surface area (Å²) in [4.78, 5) is 30.1. The molecule has 5 heteroatoms. The quantitative estimate of drug-likeness (QED) is 0.786. The van der Waals surface area contributed by atoms with Gasteiger partial charge in [0.15, 0.2) is 0 Å². The summed E-state index contributed by atoms with van der Waals surface area (Å²) in [5.41, 5.74) is 1.88. The molecule has 5 nitrogen and oxygen atoms in total. The van der Waals surface area contributed by atoms with Crippen LogP contribution in [0.5, 0.6) is 0 Å². The molecule has 154 valence electrons. The van der Waals surface area contributed by atoms with Crippen LogP contribution in [0.15, 0.2) is 60.7 Å². The maximum absolute atomic E-state index is 13.2. The lowest BCUT2D eigenvalue weighted by Gasteiger charge is -2.37. The molecule has 29 heavy (non-hydrogen) atoms. The molecule has 2 amide bonds. The Morgan fingerprint density at radius 3 is 2.10 bits per heavy atom. The predicted octanol–water partition coefficient (Wildman–Crippen LogP) is 3.18. The fourth-order valence-electron chi connectivity index (χ4n) is 3.66. The third kappa shape index (κ3) is 5.67. The number of nitrogens with one attached hydrogen (secondary N) is 1. The van der Waals surface area contributed by atoms with Crippen molar-refractivity contribution in [3.8, 4) is 0 Å². The second-order valence-corrected chi connectivity index (χ2v) is 7.79. The van der Waals surface area contributed by atoms with E-state index in [4.69, 9.17) is 0 Å². The lowest BCUT2D eigenvalue weighted by Crippen LogP contribution is -2.56. The van der Waals surface area contributed by atoms with Crippen LogP contribution in [0.4, 0.5) is 0 Å². The highest BCUT2D eigenvalue weighted by atomic mass is 16.2. The van der Waals surface area contributed by atoms with Gasteiger partial charge in [0.2, 0.25) is 5.91 Å². The van der Waals surface area contributed by atoms with Crippen molar-refractivity contribution in [3.05, 3.63) is 71.8 Å². The van der Waals surface area contributed by atoms with Crippen molar-refractivity contribution in [1.82, 2.24) is 15.1 Å². The van der Waals surface area contributed by atoms with Gasteiger partial charge in [-0.1, -0.05) is 68.8 Å². The van der Waals surface area contributed by atoms with Crippen molar-refractivity contribution in [2.45, 2.75) is 32.9 Å². The number of hydrogen-bond acceptors (Lipinski definition) is 3. The summed E-state index contributed by atoms with van der Waals surface area (Å²) in [6, 6.07) is 19.0. The number of carbonyl (C=O) groups is 2. The maximum atomic E-state index is 13.2. The smallest absolute Gasteiger partial charge is 0.251 e. The molecule has 2 atom stereocenters. The summed E-state index contributed by atoms with van der Waals surface area (Å²) in [6.07, 6.45) is 0.833. The van der Waals surface area contributed by atoms with E-state index in [9.17, 15) is 9.59 Å². The molecular weight excluding hydrogens is 362 g/mol. The van der Waals surface area contributed by atoms with Crippen LogP contribution < -0.4 is 5.32 Å². The first kappa shape index (κ1) is 21.1. The number of rotatable bonds is 7. The number of benzene rings is 2. The second kappa shape index (κ2) is 10.2. The molecule has 2 aromatic rings. The first-order valence-corrected chi connectivity index (χ1v) is 10.5. The Labute approximate surface area is 173 Å². The molecule has 1 aliphatic heterocycles. The Balaban J connectivity index is 1.59. The zero-order chi connectivity index (χ0) is 20.6. The summed E-state index contributed by atoms with van der Waals surface area (Å²) in [6.45, 7) is 8.07. The van der Waals surface area contributed by atoms with Crippen molar-refractivity contribution in [3.63, 3.8) is 0 Å². The van der Waals surface area contributed by atoms with E-state index in [-0.39, 0.29) is 17.7 Å². The van der Waals surface area contributed by atoms with Gasteiger partial charge in [-0.25, -0.2) is 0 Å². The largest absolute Gasteiger partial charge is 0.340 e. The van der Waals surface area contributed by atoms with Crippen molar-refractivity contribution < 1.29 is 9.59 Å². The molecule has 1 heterocycles. The normalized spacial score (nSPS) is 16.8. The van der Waals surface area contributed by atoms with Gasteiger partial charge in [-0.2, -0.15) is 0 Å². The third-order valence-electron chi connectivity index (χ3n) is 5.73. The van der Waals surface area contributed by atoms with E-state index in [2.05, 4.69) is 41.4 Å². The van der Waals surface area contributed by atoms with E-state index in [1.165, 1.54) is 5.56 Å². The molecule has 1 fully saturated rings. The van der Waals surface area contributed by atoms with Gasteiger partial charge in [0.1, 0.15) is 6.04 Å². The molecule has 2 aromatic carbocycles. The van der Waals surface area contributed by atoms with Gasteiger partial charge in [-0.3, -0.25) is 14.5 Å². The minimum atomic E-state index is -0.492. The lowest BCUT2D eigenvalue weighted by molar-refractivity contribution is -0.136. The van der Waals surface area contributed by atoms with Crippen LogP contribution in [0, 0.1) is 5.92 Å². The molecule has 0 saturated carbocycles. The summed E-state index contributed by atoms with van der Waals surface area (Å²) in [7, 11) is 0. The van der Waals surface area contributed by atoms with Crippen molar-refractivity contribution in [2.24, 2.45) is 5.92 Å². The number of hydrogen-bond donors (Lipinski definition) is 1. The standard InChI is InChI=1S/C24H31N3O2/c1-3-19(2)22(25-23(28)21-12-8-5-9-13-21)24(29)27-16-14-26(15-17-27)18-20-10-6-4-7-11-20/h4-13,19,22H,3,14-18H2,1-2H3,(H,25,28). The van der Waals surface area contributed by atoms with Gasteiger partial charge in [0.05, 0.1) is 0 Å². The molecule has 3 rings (SSSR count). The van der Waals surface area contributed by atoms with Gasteiger partial charge in [0, 0.05) is 38.3 Å². The fraction of sp³-hybridized carbons (Fsp3) is 0.417. The van der Waals surface area contributed by atoms with Gasteiger partial charge >= 0.3 is 0 Å². The summed E-state index contributed by atoms with van der Waals surface area (Å²) < 4.78 is 0. The van der Waals surface area contributed by atoms with E-state index in [0.29, 0.717) is 18.7 Å². The van der Waals surface area contributed by atoms with Gasteiger partial charge < -0.3 is 10.2 Å². The molecule has 0 aliphatic carbocycles. The summed E-state index contributed by atoms with van der Waals surface area (Å²) in [5.74, 6) is -0.0764. The lowest BCUT2D eigenvalue weighted by atomic mass is 9.97. The predicted molar refractivity (Wildman–Crippen MR) is 115 cm³/mol. The molecule has 1 N–H and O–H groups in total. The maximum Gasteiger partial charge on any atom is 0.251 e. The van der Waals surface area contributed by atoms with Crippen LogP contribution in [-0.2, 0) is 11.3 Å².